The molecule has 4 rings (SSSR count). The summed E-state index contributed by atoms with van der Waals surface area (Å²) in [5, 5.41) is 4.42. The lowest BCUT2D eigenvalue weighted by Gasteiger charge is -2.26. The van der Waals surface area contributed by atoms with Gasteiger partial charge in [0.2, 0.25) is 0 Å². The number of benzene rings is 2. The molecule has 1 aliphatic heterocycles. The van der Waals surface area contributed by atoms with Crippen LogP contribution >= 0.6 is 0 Å². The predicted octanol–water partition coefficient (Wildman–Crippen LogP) is 6.09. The highest BCUT2D eigenvalue weighted by atomic mass is 19.4. The molecule has 0 aliphatic carbocycles. The zero-order chi connectivity index (χ0) is 21.7. The number of aromatic nitrogens is 1. The third-order valence-electron chi connectivity index (χ3n) is 5.52. The molecule has 1 fully saturated rings. The monoisotopic (exact) mass is 429 g/mol. The summed E-state index contributed by atoms with van der Waals surface area (Å²) in [4.78, 5) is 7.09. The molecule has 1 aliphatic rings. The highest BCUT2D eigenvalue weighted by Crippen LogP contribution is 2.35. The zero-order valence-electron chi connectivity index (χ0n) is 17.3. The fourth-order valence-electron chi connectivity index (χ4n) is 4.06. The van der Waals surface area contributed by atoms with E-state index in [9.17, 15) is 13.2 Å². The fourth-order valence-corrected chi connectivity index (χ4v) is 4.06. The van der Waals surface area contributed by atoms with Gasteiger partial charge < -0.3 is 15.0 Å². The summed E-state index contributed by atoms with van der Waals surface area (Å²) in [6.45, 7) is 4.16. The van der Waals surface area contributed by atoms with Crippen LogP contribution in [0.25, 0.3) is 22.2 Å². The van der Waals surface area contributed by atoms with Gasteiger partial charge in [0.25, 0.3) is 0 Å². The molecule has 7 heteroatoms. The number of halogens is 3. The van der Waals surface area contributed by atoms with Gasteiger partial charge >= 0.3 is 6.36 Å². The van der Waals surface area contributed by atoms with Crippen LogP contribution in [0.3, 0.4) is 0 Å². The van der Waals surface area contributed by atoms with Crippen molar-refractivity contribution in [2.24, 2.45) is 0 Å². The quantitative estimate of drug-likeness (QED) is 0.461. The number of nitrogens with zero attached hydrogens (tertiary/aromatic N) is 2. The van der Waals surface area contributed by atoms with Gasteiger partial charge in [0.1, 0.15) is 5.75 Å². The van der Waals surface area contributed by atoms with E-state index in [4.69, 9.17) is 0 Å². The summed E-state index contributed by atoms with van der Waals surface area (Å²) in [7, 11) is 0. The Labute approximate surface area is 180 Å². The summed E-state index contributed by atoms with van der Waals surface area (Å²) in [5.41, 5.74) is 2.33. The molecular weight excluding hydrogens is 403 g/mol. The molecular formula is C24H26F3N3O. The molecule has 2 heterocycles. The first-order valence-electron chi connectivity index (χ1n) is 10.7. The first-order valence-corrected chi connectivity index (χ1v) is 10.7. The minimum atomic E-state index is -4.76. The van der Waals surface area contributed by atoms with E-state index in [0.717, 1.165) is 36.1 Å². The van der Waals surface area contributed by atoms with E-state index >= 15 is 0 Å². The first-order chi connectivity index (χ1) is 15.0. The molecule has 164 valence electrons. The Morgan fingerprint density at radius 2 is 1.71 bits per heavy atom. The zero-order valence-corrected chi connectivity index (χ0v) is 17.3. The van der Waals surface area contributed by atoms with E-state index in [1.54, 1.807) is 12.1 Å². The van der Waals surface area contributed by atoms with E-state index in [1.165, 1.54) is 44.5 Å². The SMILES string of the molecule is FC(F)(F)Oc1ccccc1-c1cc(NCCCN2CCCCC2)c2ccccc2n1. The van der Waals surface area contributed by atoms with Gasteiger partial charge in [-0.3, -0.25) is 0 Å². The van der Waals surface area contributed by atoms with Crippen molar-refractivity contribution >= 4 is 16.6 Å². The van der Waals surface area contributed by atoms with Crippen molar-refractivity contribution < 1.29 is 17.9 Å². The summed E-state index contributed by atoms with van der Waals surface area (Å²) in [5.74, 6) is -0.256. The van der Waals surface area contributed by atoms with Crippen LogP contribution in [0.5, 0.6) is 5.75 Å². The lowest BCUT2D eigenvalue weighted by Crippen LogP contribution is -2.31. The Kier molecular flexibility index (Phi) is 6.61. The molecule has 0 amide bonds. The molecule has 0 unspecified atom stereocenters. The average molecular weight is 429 g/mol. The summed E-state index contributed by atoms with van der Waals surface area (Å²) in [6, 6.07) is 15.6. The topological polar surface area (TPSA) is 37.4 Å². The van der Waals surface area contributed by atoms with Crippen LogP contribution in [0.2, 0.25) is 0 Å². The Hall–Kier alpha value is -2.80. The number of pyridine rings is 1. The Bertz CT molecular complexity index is 1020. The van der Waals surface area contributed by atoms with Crippen molar-refractivity contribution in [2.75, 3.05) is 31.5 Å². The average Bonchev–Trinajstić information content (AvgIpc) is 2.76. The molecule has 0 saturated carbocycles. The van der Waals surface area contributed by atoms with E-state index in [1.807, 2.05) is 30.3 Å². The highest BCUT2D eigenvalue weighted by molar-refractivity contribution is 5.94. The fraction of sp³-hybridized carbons (Fsp3) is 0.375. The van der Waals surface area contributed by atoms with Crippen LogP contribution in [-0.2, 0) is 0 Å². The molecule has 1 aromatic heterocycles. The molecule has 0 atom stereocenters. The number of anilines is 1. The van der Waals surface area contributed by atoms with Crippen LogP contribution in [0.1, 0.15) is 25.7 Å². The van der Waals surface area contributed by atoms with Crippen LogP contribution in [0.15, 0.2) is 54.6 Å². The maximum absolute atomic E-state index is 12.9. The Balaban J connectivity index is 1.57. The summed E-state index contributed by atoms with van der Waals surface area (Å²) >= 11 is 0. The van der Waals surface area contributed by atoms with Crippen molar-refractivity contribution in [3.8, 4) is 17.0 Å². The number of alkyl halides is 3. The van der Waals surface area contributed by atoms with Crippen molar-refractivity contribution in [2.45, 2.75) is 32.0 Å². The molecule has 3 aromatic rings. The van der Waals surface area contributed by atoms with Crippen LogP contribution in [0, 0.1) is 0 Å². The number of rotatable bonds is 7. The van der Waals surface area contributed by atoms with Gasteiger partial charge in [-0.15, -0.1) is 13.2 Å². The second kappa shape index (κ2) is 9.56. The standard InChI is InChI=1S/C24H26F3N3O/c25-24(26,27)31-23-12-5-3-10-19(23)22-17-21(18-9-2-4-11-20(18)29-22)28-13-8-16-30-14-6-1-7-15-30/h2-5,9-12,17H,1,6-8,13-16H2,(H,28,29). The smallest absolute Gasteiger partial charge is 0.405 e. The lowest BCUT2D eigenvalue weighted by atomic mass is 10.1. The van der Waals surface area contributed by atoms with Gasteiger partial charge in [0.05, 0.1) is 11.2 Å². The minimum absolute atomic E-state index is 0.256. The number of nitrogens with one attached hydrogen (secondary N) is 1. The third-order valence-corrected chi connectivity index (χ3v) is 5.52. The van der Waals surface area contributed by atoms with Crippen molar-refractivity contribution in [3.63, 3.8) is 0 Å². The third kappa shape index (κ3) is 5.67. The normalized spacial score (nSPS) is 15.2. The Morgan fingerprint density at radius 1 is 0.968 bits per heavy atom. The number of likely N-dealkylation sites (tertiary alicyclic amines) is 1. The number of ether oxygens (including phenoxy) is 1. The van der Waals surface area contributed by atoms with Gasteiger partial charge in [0, 0.05) is 23.2 Å². The van der Waals surface area contributed by atoms with Crippen LogP contribution < -0.4 is 10.1 Å². The molecule has 2 aromatic carbocycles. The number of hydrogen-bond donors (Lipinski definition) is 1. The Morgan fingerprint density at radius 3 is 2.52 bits per heavy atom. The van der Waals surface area contributed by atoms with Crippen molar-refractivity contribution in [1.29, 1.82) is 0 Å². The maximum atomic E-state index is 12.9. The summed E-state index contributed by atoms with van der Waals surface area (Å²) in [6.07, 6.45) is 0.0959. The van der Waals surface area contributed by atoms with Gasteiger partial charge in [-0.05, 0) is 63.2 Å². The van der Waals surface area contributed by atoms with E-state index in [0.29, 0.717) is 11.3 Å². The predicted molar refractivity (Wildman–Crippen MR) is 117 cm³/mol. The summed E-state index contributed by atoms with van der Waals surface area (Å²) < 4.78 is 42.8. The van der Waals surface area contributed by atoms with E-state index < -0.39 is 6.36 Å². The largest absolute Gasteiger partial charge is 0.573 e. The van der Waals surface area contributed by atoms with Crippen molar-refractivity contribution in [1.82, 2.24) is 9.88 Å². The molecule has 0 bridgehead atoms. The number of fused-ring (bicyclic) bond motifs is 1. The van der Waals surface area contributed by atoms with Gasteiger partial charge in [-0.1, -0.05) is 36.8 Å². The second-order valence-corrected chi connectivity index (χ2v) is 7.80. The van der Waals surface area contributed by atoms with Crippen LogP contribution in [0.4, 0.5) is 18.9 Å². The highest BCUT2D eigenvalue weighted by Gasteiger charge is 2.32. The molecule has 1 saturated heterocycles. The lowest BCUT2D eigenvalue weighted by molar-refractivity contribution is -0.274. The van der Waals surface area contributed by atoms with Gasteiger partial charge in [0.15, 0.2) is 0 Å². The second-order valence-electron chi connectivity index (χ2n) is 7.80. The first kappa shape index (κ1) is 21.4. The minimum Gasteiger partial charge on any atom is -0.405 e. The number of piperidine rings is 1. The maximum Gasteiger partial charge on any atom is 0.573 e. The van der Waals surface area contributed by atoms with E-state index in [2.05, 4.69) is 19.9 Å². The van der Waals surface area contributed by atoms with Gasteiger partial charge in [-0.2, -0.15) is 0 Å². The molecule has 31 heavy (non-hydrogen) atoms. The molecule has 0 spiro atoms. The van der Waals surface area contributed by atoms with Crippen molar-refractivity contribution in [3.05, 3.63) is 54.6 Å². The van der Waals surface area contributed by atoms with E-state index in [-0.39, 0.29) is 5.75 Å². The number of para-hydroxylation sites is 2. The molecule has 0 radical (unpaired) electrons. The number of hydrogen-bond acceptors (Lipinski definition) is 4. The van der Waals surface area contributed by atoms with Gasteiger partial charge in [-0.25, -0.2) is 4.98 Å². The van der Waals surface area contributed by atoms with Crippen LogP contribution in [-0.4, -0.2) is 42.4 Å². The molecule has 1 N–H and O–H groups in total. The molecule has 4 nitrogen and oxygen atoms in total.